The third-order valence-corrected chi connectivity index (χ3v) is 5.05. The number of imidazole rings is 1. The predicted octanol–water partition coefficient (Wildman–Crippen LogP) is 3.04. The first-order chi connectivity index (χ1) is 13.6. The number of anilines is 1. The van der Waals surface area contributed by atoms with E-state index in [9.17, 15) is 9.65 Å². The first-order valence-electron chi connectivity index (χ1n) is 8.93. The molecule has 0 bridgehead atoms. The third kappa shape index (κ3) is 2.52. The Labute approximate surface area is 160 Å². The highest BCUT2D eigenvalue weighted by Crippen LogP contribution is 2.35. The Balaban J connectivity index is 1.86. The predicted molar refractivity (Wildman–Crippen MR) is 103 cm³/mol. The minimum atomic E-state index is -0.442. The Bertz CT molecular complexity index is 1280. The minimum absolute atomic E-state index is 0.111. The van der Waals surface area contributed by atoms with Crippen molar-refractivity contribution in [2.24, 2.45) is 7.05 Å². The molecule has 140 valence electrons. The number of aryl methyl sites for hydroxylation is 1. The average molecular weight is 376 g/mol. The van der Waals surface area contributed by atoms with E-state index in [1.807, 2.05) is 35.4 Å². The molecule has 5 rings (SSSR count). The molecule has 3 aromatic heterocycles. The topological polar surface area (TPSA) is 84.0 Å². The van der Waals surface area contributed by atoms with E-state index < -0.39 is 5.82 Å². The van der Waals surface area contributed by atoms with Crippen molar-refractivity contribution in [3.63, 3.8) is 0 Å². The lowest BCUT2D eigenvalue weighted by Crippen LogP contribution is -2.07. The molecule has 0 aliphatic carbocycles. The molecule has 0 amide bonds. The molecule has 0 saturated carbocycles. The molecular formula is C20H17FN6O. The summed E-state index contributed by atoms with van der Waals surface area (Å²) in [7, 11) is 3.75. The summed E-state index contributed by atoms with van der Waals surface area (Å²) in [6, 6.07) is 8.39. The molecule has 8 heteroatoms. The zero-order chi connectivity index (χ0) is 19.4. The number of pyridine rings is 1. The van der Waals surface area contributed by atoms with Crippen LogP contribution in [0.3, 0.4) is 0 Å². The number of fused-ring (bicyclic) bond motifs is 3. The third-order valence-electron chi connectivity index (χ3n) is 5.05. The van der Waals surface area contributed by atoms with Crippen molar-refractivity contribution in [2.45, 2.75) is 12.6 Å². The monoisotopic (exact) mass is 376 g/mol. The standard InChI is InChI=1S/C20H17FN6O/c1-23-19-17-18(26(2)10-24-17)15-6-16(12-3-11(7-22)4-13(21)5-12)27(20(15)25-19)8-14-9-28-14/h3-6,10,14H,8-9H2,1-2H3,(H,23,25). The van der Waals surface area contributed by atoms with Crippen LogP contribution in [0.15, 0.2) is 30.6 Å². The molecule has 1 aliphatic rings. The van der Waals surface area contributed by atoms with Gasteiger partial charge in [0.15, 0.2) is 5.82 Å². The van der Waals surface area contributed by atoms with Crippen LogP contribution < -0.4 is 5.32 Å². The van der Waals surface area contributed by atoms with Crippen molar-refractivity contribution >= 4 is 27.9 Å². The van der Waals surface area contributed by atoms with Crippen molar-refractivity contribution in [3.05, 3.63) is 42.0 Å². The van der Waals surface area contributed by atoms with Gasteiger partial charge in [0.25, 0.3) is 0 Å². The normalized spacial score (nSPS) is 15.9. The maximum absolute atomic E-state index is 14.1. The van der Waals surface area contributed by atoms with Gasteiger partial charge in [-0.05, 0) is 24.3 Å². The van der Waals surface area contributed by atoms with E-state index in [1.54, 1.807) is 12.4 Å². The van der Waals surface area contributed by atoms with E-state index in [1.165, 1.54) is 12.1 Å². The maximum atomic E-state index is 14.1. The van der Waals surface area contributed by atoms with Crippen LogP contribution in [0.4, 0.5) is 10.2 Å². The van der Waals surface area contributed by atoms with Crippen LogP contribution in [0.1, 0.15) is 5.56 Å². The molecule has 1 fully saturated rings. The van der Waals surface area contributed by atoms with Crippen LogP contribution in [-0.4, -0.2) is 38.9 Å². The molecule has 4 aromatic rings. The second kappa shape index (κ2) is 6.04. The summed E-state index contributed by atoms with van der Waals surface area (Å²) >= 11 is 0. The lowest BCUT2D eigenvalue weighted by molar-refractivity contribution is 0.386. The molecule has 0 radical (unpaired) electrons. The van der Waals surface area contributed by atoms with Crippen LogP contribution in [0.2, 0.25) is 0 Å². The van der Waals surface area contributed by atoms with Crippen molar-refractivity contribution < 1.29 is 9.13 Å². The highest BCUT2D eigenvalue weighted by atomic mass is 19.1. The highest BCUT2D eigenvalue weighted by Gasteiger charge is 2.27. The summed E-state index contributed by atoms with van der Waals surface area (Å²) in [6.45, 7) is 1.30. The van der Waals surface area contributed by atoms with E-state index in [0.29, 0.717) is 24.5 Å². The number of nitriles is 1. The van der Waals surface area contributed by atoms with Crippen LogP contribution >= 0.6 is 0 Å². The zero-order valence-electron chi connectivity index (χ0n) is 15.4. The van der Waals surface area contributed by atoms with Gasteiger partial charge in [0, 0.05) is 25.0 Å². The average Bonchev–Trinajstić information content (AvgIpc) is 3.33. The van der Waals surface area contributed by atoms with Gasteiger partial charge in [-0.2, -0.15) is 5.26 Å². The molecule has 0 spiro atoms. The number of aromatic nitrogens is 4. The Morgan fingerprint density at radius 3 is 2.89 bits per heavy atom. The molecule has 7 nitrogen and oxygen atoms in total. The van der Waals surface area contributed by atoms with Gasteiger partial charge < -0.3 is 19.2 Å². The molecule has 1 aromatic carbocycles. The van der Waals surface area contributed by atoms with Gasteiger partial charge in [-0.15, -0.1) is 0 Å². The lowest BCUT2D eigenvalue weighted by Gasteiger charge is -2.10. The number of benzene rings is 1. The van der Waals surface area contributed by atoms with Crippen molar-refractivity contribution in [1.82, 2.24) is 19.1 Å². The first-order valence-corrected chi connectivity index (χ1v) is 8.93. The second-order valence-corrected chi connectivity index (χ2v) is 6.94. The number of halogens is 1. The van der Waals surface area contributed by atoms with Gasteiger partial charge in [-0.1, -0.05) is 0 Å². The van der Waals surface area contributed by atoms with Gasteiger partial charge >= 0.3 is 0 Å². The molecule has 1 N–H and O–H groups in total. The van der Waals surface area contributed by atoms with E-state index in [0.717, 1.165) is 27.8 Å². The fourth-order valence-electron chi connectivity index (χ4n) is 3.69. The Morgan fingerprint density at radius 2 is 2.18 bits per heavy atom. The van der Waals surface area contributed by atoms with E-state index in [-0.39, 0.29) is 11.7 Å². The van der Waals surface area contributed by atoms with Crippen LogP contribution in [-0.2, 0) is 18.3 Å². The summed E-state index contributed by atoms with van der Waals surface area (Å²) in [5.74, 6) is 0.241. The second-order valence-electron chi connectivity index (χ2n) is 6.94. The van der Waals surface area contributed by atoms with Gasteiger partial charge in [0.05, 0.1) is 48.4 Å². The fourth-order valence-corrected chi connectivity index (χ4v) is 3.69. The summed E-state index contributed by atoms with van der Waals surface area (Å²) in [5.41, 5.74) is 4.21. The molecule has 28 heavy (non-hydrogen) atoms. The molecule has 1 saturated heterocycles. The number of nitrogens with zero attached hydrogens (tertiary/aromatic N) is 5. The van der Waals surface area contributed by atoms with Gasteiger partial charge in [-0.25, -0.2) is 14.4 Å². The maximum Gasteiger partial charge on any atom is 0.156 e. The summed E-state index contributed by atoms with van der Waals surface area (Å²) < 4.78 is 23.5. The number of hydrogen-bond acceptors (Lipinski definition) is 5. The number of rotatable bonds is 4. The molecule has 1 unspecified atom stereocenters. The lowest BCUT2D eigenvalue weighted by atomic mass is 10.1. The molecule has 4 heterocycles. The summed E-state index contributed by atoms with van der Waals surface area (Å²) in [5, 5.41) is 13.3. The number of hydrogen-bond donors (Lipinski definition) is 1. The summed E-state index contributed by atoms with van der Waals surface area (Å²) in [4.78, 5) is 9.26. The van der Waals surface area contributed by atoms with Crippen LogP contribution in [0, 0.1) is 17.1 Å². The number of ether oxygens (including phenoxy) is 1. The first kappa shape index (κ1) is 16.7. The van der Waals surface area contributed by atoms with E-state index in [4.69, 9.17) is 9.72 Å². The highest BCUT2D eigenvalue weighted by molar-refractivity contribution is 6.07. The smallest absolute Gasteiger partial charge is 0.156 e. The Morgan fingerprint density at radius 1 is 1.36 bits per heavy atom. The largest absolute Gasteiger partial charge is 0.371 e. The zero-order valence-corrected chi connectivity index (χ0v) is 15.4. The minimum Gasteiger partial charge on any atom is -0.371 e. The van der Waals surface area contributed by atoms with E-state index in [2.05, 4.69) is 10.3 Å². The van der Waals surface area contributed by atoms with Gasteiger partial charge in [0.1, 0.15) is 17.0 Å². The Hall–Kier alpha value is -3.44. The van der Waals surface area contributed by atoms with E-state index >= 15 is 0 Å². The molecular weight excluding hydrogens is 359 g/mol. The quantitative estimate of drug-likeness (QED) is 0.554. The van der Waals surface area contributed by atoms with Crippen LogP contribution in [0.25, 0.3) is 33.3 Å². The van der Waals surface area contributed by atoms with Crippen LogP contribution in [0.5, 0.6) is 0 Å². The van der Waals surface area contributed by atoms with Gasteiger partial charge in [0.2, 0.25) is 0 Å². The summed E-state index contributed by atoms with van der Waals surface area (Å²) in [6.07, 6.45) is 1.87. The SMILES string of the molecule is CNc1nc2c(cc(-c3cc(F)cc(C#N)c3)n2CC2CO2)c2c1ncn2C. The van der Waals surface area contributed by atoms with Gasteiger partial charge in [-0.3, -0.25) is 0 Å². The molecule has 1 aliphatic heterocycles. The number of epoxide rings is 1. The van der Waals surface area contributed by atoms with Crippen molar-refractivity contribution in [2.75, 3.05) is 19.0 Å². The Kier molecular flexibility index (Phi) is 3.60. The van der Waals surface area contributed by atoms with Crippen molar-refractivity contribution in [3.8, 4) is 17.3 Å². The van der Waals surface area contributed by atoms with Crippen molar-refractivity contribution in [1.29, 1.82) is 5.26 Å². The number of nitrogens with one attached hydrogen (secondary N) is 1. The molecule has 1 atom stereocenters. The fraction of sp³-hybridized carbons (Fsp3) is 0.250.